The predicted molar refractivity (Wildman–Crippen MR) is 90.6 cm³/mol. The summed E-state index contributed by atoms with van der Waals surface area (Å²) in [6.07, 6.45) is 3.96. The van der Waals surface area contributed by atoms with Crippen molar-refractivity contribution in [2.75, 3.05) is 25.0 Å². The minimum absolute atomic E-state index is 0.139. The highest BCUT2D eigenvalue weighted by Gasteiger charge is 2.28. The Morgan fingerprint density at radius 3 is 2.95 bits per heavy atom. The normalized spacial score (nSPS) is 18.3. The molecule has 2 aromatic rings. The first-order valence-electron chi connectivity index (χ1n) is 7.64. The lowest BCUT2D eigenvalue weighted by atomic mass is 10.0. The van der Waals surface area contributed by atoms with Crippen LogP contribution in [0.1, 0.15) is 28.1 Å². The number of hydrogen-bond donors (Lipinski definition) is 0. The van der Waals surface area contributed by atoms with E-state index in [2.05, 4.69) is 9.88 Å². The van der Waals surface area contributed by atoms with Gasteiger partial charge in [0, 0.05) is 32.4 Å². The number of aryl methyl sites for hydroxylation is 1. The molecule has 116 valence electrons. The van der Waals surface area contributed by atoms with Gasteiger partial charge in [0.15, 0.2) is 0 Å². The van der Waals surface area contributed by atoms with Gasteiger partial charge in [-0.25, -0.2) is 4.98 Å². The second-order valence-electron chi connectivity index (χ2n) is 5.78. The lowest BCUT2D eigenvalue weighted by Gasteiger charge is -2.38. The van der Waals surface area contributed by atoms with Gasteiger partial charge in [0.1, 0.15) is 5.82 Å². The smallest absolute Gasteiger partial charge is 0.264 e. The number of carbonyl (C=O) groups excluding carboxylic acids is 1. The van der Waals surface area contributed by atoms with Crippen LogP contribution in [0.5, 0.6) is 0 Å². The van der Waals surface area contributed by atoms with Crippen LogP contribution in [0.15, 0.2) is 35.8 Å². The fourth-order valence-electron chi connectivity index (χ4n) is 2.94. The fourth-order valence-corrected chi connectivity index (χ4v) is 3.84. The average molecular weight is 315 g/mol. The summed E-state index contributed by atoms with van der Waals surface area (Å²) in [5, 5.41) is 1.98. The molecule has 22 heavy (non-hydrogen) atoms. The van der Waals surface area contributed by atoms with Crippen LogP contribution in [-0.2, 0) is 0 Å². The van der Waals surface area contributed by atoms with Gasteiger partial charge in [0.05, 0.1) is 4.88 Å². The van der Waals surface area contributed by atoms with Crippen LogP contribution in [0.4, 0.5) is 5.82 Å². The monoisotopic (exact) mass is 315 g/mol. The average Bonchev–Trinajstić information content (AvgIpc) is 3.00. The first-order valence-corrected chi connectivity index (χ1v) is 8.52. The van der Waals surface area contributed by atoms with E-state index >= 15 is 0 Å². The number of thiophene rings is 1. The Kier molecular flexibility index (Phi) is 4.43. The molecule has 5 heteroatoms. The minimum atomic E-state index is 0.139. The van der Waals surface area contributed by atoms with E-state index < -0.39 is 0 Å². The fraction of sp³-hybridized carbons (Fsp3) is 0.412. The molecule has 1 aliphatic heterocycles. The van der Waals surface area contributed by atoms with Crippen molar-refractivity contribution >= 4 is 23.1 Å². The third-order valence-electron chi connectivity index (χ3n) is 4.29. The second-order valence-corrected chi connectivity index (χ2v) is 6.69. The summed E-state index contributed by atoms with van der Waals surface area (Å²) in [5.74, 6) is 1.14. The van der Waals surface area contributed by atoms with Crippen molar-refractivity contribution in [3.05, 3.63) is 46.3 Å². The van der Waals surface area contributed by atoms with Gasteiger partial charge in [0.25, 0.3) is 5.91 Å². The zero-order valence-corrected chi connectivity index (χ0v) is 13.8. The molecular formula is C17H21N3OS. The standard InChI is InChI=1S/C17H21N3OS/c1-13-8-11-22-16(13)17(21)19(2)14-6-5-10-20(12-14)15-7-3-4-9-18-15/h3-4,7-9,11,14H,5-6,10,12H2,1-2H3/t14-/m0/s1. The summed E-state index contributed by atoms with van der Waals surface area (Å²) in [4.78, 5) is 22.1. The maximum Gasteiger partial charge on any atom is 0.264 e. The van der Waals surface area contributed by atoms with Crippen molar-refractivity contribution in [3.8, 4) is 0 Å². The van der Waals surface area contributed by atoms with Crippen molar-refractivity contribution < 1.29 is 4.79 Å². The van der Waals surface area contributed by atoms with Crippen LogP contribution >= 0.6 is 11.3 Å². The van der Waals surface area contributed by atoms with Crippen molar-refractivity contribution in [1.82, 2.24) is 9.88 Å². The molecule has 0 aromatic carbocycles. The molecule has 0 bridgehead atoms. The predicted octanol–water partition coefficient (Wildman–Crippen LogP) is 3.19. The number of nitrogens with zero attached hydrogens (tertiary/aromatic N) is 3. The molecule has 1 amide bonds. The van der Waals surface area contributed by atoms with Crippen LogP contribution < -0.4 is 4.90 Å². The Morgan fingerprint density at radius 1 is 1.41 bits per heavy atom. The van der Waals surface area contributed by atoms with E-state index in [1.54, 1.807) is 0 Å². The lowest BCUT2D eigenvalue weighted by molar-refractivity contribution is 0.0721. The van der Waals surface area contributed by atoms with Gasteiger partial charge in [-0.15, -0.1) is 11.3 Å². The number of pyridine rings is 1. The molecule has 4 nitrogen and oxygen atoms in total. The van der Waals surface area contributed by atoms with Gasteiger partial charge in [-0.2, -0.15) is 0 Å². The van der Waals surface area contributed by atoms with E-state index in [1.165, 1.54) is 11.3 Å². The summed E-state index contributed by atoms with van der Waals surface area (Å²) in [7, 11) is 1.92. The Labute approximate surface area is 135 Å². The quantitative estimate of drug-likeness (QED) is 0.873. The summed E-state index contributed by atoms with van der Waals surface area (Å²) in [5.41, 5.74) is 1.07. The van der Waals surface area contributed by atoms with E-state index in [-0.39, 0.29) is 11.9 Å². The first kappa shape index (κ1) is 15.0. The summed E-state index contributed by atoms with van der Waals surface area (Å²) in [6.45, 7) is 3.86. The highest BCUT2D eigenvalue weighted by Crippen LogP contribution is 2.23. The van der Waals surface area contributed by atoms with Crippen LogP contribution in [0.25, 0.3) is 0 Å². The van der Waals surface area contributed by atoms with E-state index in [4.69, 9.17) is 0 Å². The molecule has 1 saturated heterocycles. The van der Waals surface area contributed by atoms with E-state index in [9.17, 15) is 4.79 Å². The van der Waals surface area contributed by atoms with Gasteiger partial charge in [-0.05, 0) is 48.9 Å². The number of hydrogen-bond acceptors (Lipinski definition) is 4. The van der Waals surface area contributed by atoms with Gasteiger partial charge < -0.3 is 9.80 Å². The van der Waals surface area contributed by atoms with Gasteiger partial charge >= 0.3 is 0 Å². The molecule has 1 atom stereocenters. The van der Waals surface area contributed by atoms with E-state index in [0.717, 1.165) is 42.2 Å². The third kappa shape index (κ3) is 2.99. The molecule has 0 unspecified atom stereocenters. The molecule has 0 N–H and O–H groups in total. The van der Waals surface area contributed by atoms with Crippen molar-refractivity contribution in [3.63, 3.8) is 0 Å². The van der Waals surface area contributed by atoms with Gasteiger partial charge in [0.2, 0.25) is 0 Å². The molecule has 2 aromatic heterocycles. The molecule has 0 radical (unpaired) electrons. The Balaban J connectivity index is 1.72. The van der Waals surface area contributed by atoms with Crippen molar-refractivity contribution in [2.45, 2.75) is 25.8 Å². The van der Waals surface area contributed by atoms with Crippen molar-refractivity contribution in [2.24, 2.45) is 0 Å². The van der Waals surface area contributed by atoms with Crippen LogP contribution in [-0.4, -0.2) is 42.0 Å². The summed E-state index contributed by atoms with van der Waals surface area (Å²) >= 11 is 1.53. The van der Waals surface area contributed by atoms with Gasteiger partial charge in [-0.3, -0.25) is 4.79 Å². The number of likely N-dealkylation sites (N-methyl/N-ethyl adjacent to an activating group) is 1. The molecule has 0 spiro atoms. The SMILES string of the molecule is Cc1ccsc1C(=O)N(C)[C@H]1CCCN(c2ccccn2)C1. The Bertz CT molecular complexity index is 640. The summed E-state index contributed by atoms with van der Waals surface area (Å²) in [6, 6.07) is 8.22. The number of carbonyl (C=O) groups is 1. The minimum Gasteiger partial charge on any atom is -0.355 e. The van der Waals surface area contributed by atoms with Crippen molar-refractivity contribution in [1.29, 1.82) is 0 Å². The van der Waals surface area contributed by atoms with Crippen LogP contribution in [0.3, 0.4) is 0 Å². The molecule has 1 aliphatic rings. The van der Waals surface area contributed by atoms with Crippen LogP contribution in [0.2, 0.25) is 0 Å². The Hall–Kier alpha value is -1.88. The first-order chi connectivity index (χ1) is 10.7. The highest BCUT2D eigenvalue weighted by atomic mass is 32.1. The number of aromatic nitrogens is 1. The highest BCUT2D eigenvalue weighted by molar-refractivity contribution is 7.12. The molecule has 3 heterocycles. The second kappa shape index (κ2) is 6.48. The summed E-state index contributed by atoms with van der Waals surface area (Å²) < 4.78 is 0. The largest absolute Gasteiger partial charge is 0.355 e. The molecule has 0 aliphatic carbocycles. The zero-order chi connectivity index (χ0) is 15.5. The number of piperidine rings is 1. The molecule has 3 rings (SSSR count). The molecule has 0 saturated carbocycles. The third-order valence-corrected chi connectivity index (χ3v) is 5.30. The lowest BCUT2D eigenvalue weighted by Crippen LogP contribution is -2.48. The maximum absolute atomic E-state index is 12.7. The topological polar surface area (TPSA) is 36.4 Å². The Morgan fingerprint density at radius 2 is 2.27 bits per heavy atom. The van der Waals surface area contributed by atoms with E-state index in [0.29, 0.717) is 0 Å². The van der Waals surface area contributed by atoms with Crippen LogP contribution in [0, 0.1) is 6.92 Å². The molecule has 1 fully saturated rings. The van der Waals surface area contributed by atoms with Gasteiger partial charge in [-0.1, -0.05) is 6.07 Å². The zero-order valence-electron chi connectivity index (χ0n) is 13.0. The number of anilines is 1. The van der Waals surface area contributed by atoms with E-state index in [1.807, 2.05) is 54.7 Å². The molecular weight excluding hydrogens is 294 g/mol. The number of amides is 1. The maximum atomic E-state index is 12.7. The number of rotatable bonds is 3.